The first-order valence-corrected chi connectivity index (χ1v) is 12.2. The maximum atomic E-state index is 12.3. The lowest BCUT2D eigenvalue weighted by Gasteiger charge is -2.23. The maximum Gasteiger partial charge on any atom is 0.340 e. The number of quaternary nitrogens is 1. The van der Waals surface area contributed by atoms with E-state index in [9.17, 15) is 13.2 Å². The first kappa shape index (κ1) is 20.1. The SMILES string of the molecule is O=C(OCCC[NH+]1CCS(=O)(=O)CC1)c1c(I)ccc(I)c1I. The van der Waals surface area contributed by atoms with Crippen LogP contribution in [0.5, 0.6) is 0 Å². The second kappa shape index (κ2) is 8.94. The van der Waals surface area contributed by atoms with E-state index in [1.54, 1.807) is 0 Å². The van der Waals surface area contributed by atoms with Crippen molar-refractivity contribution in [3.05, 3.63) is 28.4 Å². The van der Waals surface area contributed by atoms with E-state index < -0.39 is 9.84 Å². The zero-order valence-electron chi connectivity index (χ0n) is 12.3. The van der Waals surface area contributed by atoms with Crippen molar-refractivity contribution in [2.75, 3.05) is 37.7 Å². The molecule has 0 bridgehead atoms. The summed E-state index contributed by atoms with van der Waals surface area (Å²) in [5.41, 5.74) is 0.634. The second-order valence-electron chi connectivity index (χ2n) is 5.36. The van der Waals surface area contributed by atoms with Crippen molar-refractivity contribution in [2.45, 2.75) is 6.42 Å². The fraction of sp³-hybridized carbons (Fsp3) is 0.500. The summed E-state index contributed by atoms with van der Waals surface area (Å²) >= 11 is 6.52. The summed E-state index contributed by atoms with van der Waals surface area (Å²) < 4.78 is 31.0. The average Bonchev–Trinajstić information content (AvgIpc) is 2.49. The Morgan fingerprint density at radius 3 is 2.39 bits per heavy atom. The number of hydrogen-bond acceptors (Lipinski definition) is 4. The Hall–Kier alpha value is 0.790. The summed E-state index contributed by atoms with van der Waals surface area (Å²) in [7, 11) is -2.82. The third-order valence-electron chi connectivity index (χ3n) is 3.69. The van der Waals surface area contributed by atoms with Gasteiger partial charge in [-0.25, -0.2) is 13.2 Å². The highest BCUT2D eigenvalue weighted by Crippen LogP contribution is 2.25. The molecule has 0 amide bonds. The number of ether oxygens (including phenoxy) is 1. The van der Waals surface area contributed by atoms with Crippen LogP contribution in [0.25, 0.3) is 0 Å². The molecule has 1 heterocycles. The van der Waals surface area contributed by atoms with Crippen molar-refractivity contribution in [3.8, 4) is 0 Å². The third kappa shape index (κ3) is 5.92. The van der Waals surface area contributed by atoms with E-state index >= 15 is 0 Å². The van der Waals surface area contributed by atoms with Gasteiger partial charge >= 0.3 is 5.97 Å². The Kier molecular flexibility index (Phi) is 7.82. The largest absolute Gasteiger partial charge is 0.462 e. The summed E-state index contributed by atoms with van der Waals surface area (Å²) in [4.78, 5) is 13.5. The van der Waals surface area contributed by atoms with Crippen LogP contribution >= 0.6 is 67.8 Å². The second-order valence-corrected chi connectivity index (χ2v) is 11.1. The molecule has 0 aliphatic carbocycles. The molecule has 2 rings (SSSR count). The van der Waals surface area contributed by atoms with Gasteiger partial charge in [0.05, 0.1) is 43.3 Å². The van der Waals surface area contributed by atoms with Crippen molar-refractivity contribution in [1.29, 1.82) is 0 Å². The van der Waals surface area contributed by atoms with Crippen LogP contribution in [0.4, 0.5) is 0 Å². The van der Waals surface area contributed by atoms with Crippen molar-refractivity contribution >= 4 is 83.6 Å². The number of rotatable bonds is 5. The first-order valence-electron chi connectivity index (χ1n) is 7.15. The van der Waals surface area contributed by atoms with Crippen LogP contribution in [0.3, 0.4) is 0 Å². The molecule has 0 atom stereocenters. The number of carbonyl (C=O) groups is 1. The number of carbonyl (C=O) groups excluding carboxylic acids is 1. The molecule has 0 saturated carbocycles. The van der Waals surface area contributed by atoms with Gasteiger partial charge in [-0.05, 0) is 79.9 Å². The molecular weight excluding hydrogens is 659 g/mol. The first-order chi connectivity index (χ1) is 10.8. The van der Waals surface area contributed by atoms with Gasteiger partial charge in [-0.2, -0.15) is 0 Å². The molecule has 1 N–H and O–H groups in total. The highest BCUT2D eigenvalue weighted by atomic mass is 127. The van der Waals surface area contributed by atoms with Crippen LogP contribution in [-0.2, 0) is 14.6 Å². The van der Waals surface area contributed by atoms with E-state index in [1.165, 1.54) is 4.90 Å². The lowest BCUT2D eigenvalue weighted by Crippen LogP contribution is -3.14. The Balaban J connectivity index is 1.79. The zero-order chi connectivity index (χ0) is 17.0. The minimum absolute atomic E-state index is 0.265. The van der Waals surface area contributed by atoms with Gasteiger partial charge in [0.2, 0.25) is 0 Å². The molecular formula is C14H17I3NO4S+. The zero-order valence-corrected chi connectivity index (χ0v) is 19.6. The molecule has 0 unspecified atom stereocenters. The number of hydrogen-bond donors (Lipinski definition) is 1. The number of esters is 1. The number of nitrogens with one attached hydrogen (secondary N) is 1. The maximum absolute atomic E-state index is 12.3. The number of benzene rings is 1. The quantitative estimate of drug-likeness (QED) is 0.222. The van der Waals surface area contributed by atoms with E-state index in [-0.39, 0.29) is 17.5 Å². The predicted molar refractivity (Wildman–Crippen MR) is 114 cm³/mol. The van der Waals surface area contributed by atoms with Crippen LogP contribution in [0.1, 0.15) is 16.8 Å². The standard InChI is InChI=1S/C14H16I3NO4S/c15-10-2-3-11(16)13(17)12(10)14(19)22-7-1-4-18-5-8-23(20,21)9-6-18/h2-3H,1,4-9H2/p+1. The lowest BCUT2D eigenvalue weighted by atomic mass is 10.2. The number of sulfone groups is 1. The summed E-state index contributed by atoms with van der Waals surface area (Å²) in [6.07, 6.45) is 0.748. The molecule has 1 saturated heterocycles. The minimum Gasteiger partial charge on any atom is -0.462 e. The van der Waals surface area contributed by atoms with E-state index in [4.69, 9.17) is 4.74 Å². The van der Waals surface area contributed by atoms with Gasteiger partial charge in [0.1, 0.15) is 0 Å². The Morgan fingerprint density at radius 1 is 1.13 bits per heavy atom. The lowest BCUT2D eigenvalue weighted by molar-refractivity contribution is -0.896. The van der Waals surface area contributed by atoms with Gasteiger partial charge < -0.3 is 9.64 Å². The van der Waals surface area contributed by atoms with E-state index in [1.807, 2.05) is 12.1 Å². The third-order valence-corrected chi connectivity index (χ3v) is 9.29. The van der Waals surface area contributed by atoms with Gasteiger partial charge in [0, 0.05) is 17.1 Å². The summed E-state index contributed by atoms with van der Waals surface area (Å²) in [6.45, 7) is 2.52. The highest BCUT2D eigenvalue weighted by molar-refractivity contribution is 14.1. The normalized spacial score (nSPS) is 17.9. The topological polar surface area (TPSA) is 64.9 Å². The monoisotopic (exact) mass is 676 g/mol. The summed E-state index contributed by atoms with van der Waals surface area (Å²) in [5.74, 6) is 0.246. The molecule has 1 aliphatic rings. The van der Waals surface area contributed by atoms with E-state index in [2.05, 4.69) is 67.8 Å². The fourth-order valence-corrected chi connectivity index (χ4v) is 6.08. The van der Waals surface area contributed by atoms with E-state index in [0.717, 1.165) is 23.7 Å². The molecule has 0 spiro atoms. The van der Waals surface area contributed by atoms with Gasteiger partial charge in [0.15, 0.2) is 9.84 Å². The Labute approximate surface area is 177 Å². The van der Waals surface area contributed by atoms with Crippen molar-refractivity contribution < 1.29 is 22.8 Å². The molecule has 0 aromatic heterocycles. The van der Waals surface area contributed by atoms with Crippen LogP contribution in [-0.4, -0.2) is 52.1 Å². The van der Waals surface area contributed by atoms with Crippen LogP contribution < -0.4 is 4.90 Å². The molecule has 1 fully saturated rings. The predicted octanol–water partition coefficient (Wildman–Crippen LogP) is 1.36. The fourth-order valence-electron chi connectivity index (χ4n) is 2.35. The summed E-state index contributed by atoms with van der Waals surface area (Å²) in [6, 6.07) is 3.90. The van der Waals surface area contributed by atoms with Gasteiger partial charge in [-0.3, -0.25) is 0 Å². The van der Waals surface area contributed by atoms with Gasteiger partial charge in [-0.1, -0.05) is 0 Å². The molecule has 1 aliphatic heterocycles. The minimum atomic E-state index is -2.82. The molecule has 5 nitrogen and oxygen atoms in total. The summed E-state index contributed by atoms with van der Waals surface area (Å²) in [5, 5.41) is 0. The van der Waals surface area contributed by atoms with Gasteiger partial charge in [0.25, 0.3) is 0 Å². The highest BCUT2D eigenvalue weighted by Gasteiger charge is 2.24. The molecule has 128 valence electrons. The van der Waals surface area contributed by atoms with Gasteiger partial charge in [-0.15, -0.1) is 0 Å². The Bertz CT molecular complexity index is 680. The smallest absolute Gasteiger partial charge is 0.340 e. The van der Waals surface area contributed by atoms with E-state index in [0.29, 0.717) is 25.3 Å². The van der Waals surface area contributed by atoms with Crippen molar-refractivity contribution in [1.82, 2.24) is 0 Å². The Morgan fingerprint density at radius 2 is 1.74 bits per heavy atom. The van der Waals surface area contributed by atoms with Crippen LogP contribution in [0, 0.1) is 10.7 Å². The molecule has 0 radical (unpaired) electrons. The average molecular weight is 676 g/mol. The van der Waals surface area contributed by atoms with Crippen LogP contribution in [0.15, 0.2) is 12.1 Å². The van der Waals surface area contributed by atoms with Crippen molar-refractivity contribution in [3.63, 3.8) is 0 Å². The molecule has 23 heavy (non-hydrogen) atoms. The van der Waals surface area contributed by atoms with Crippen molar-refractivity contribution in [2.24, 2.45) is 0 Å². The molecule has 1 aromatic carbocycles. The molecule has 9 heteroatoms. The van der Waals surface area contributed by atoms with Crippen LogP contribution in [0.2, 0.25) is 0 Å². The molecule has 1 aromatic rings. The number of halogens is 3.